The van der Waals surface area contributed by atoms with Crippen LogP contribution < -0.4 is 10.1 Å². The molecule has 1 atom stereocenters. The standard InChI is InChI=1S/C20H23NO3/c1-14-11-18(22)20-17(21-14)12-16(13-19(20)23)24-10-6-5-9-15-7-3-2-4-8-15/h2-4,7-8,12-14,21,23H,5-6,9-11H2,1H3. The fourth-order valence-corrected chi connectivity index (χ4v) is 3.05. The van der Waals surface area contributed by atoms with Gasteiger partial charge < -0.3 is 15.2 Å². The number of rotatable bonds is 6. The number of unbranched alkanes of at least 4 members (excludes halogenated alkanes) is 1. The quantitative estimate of drug-likeness (QED) is 0.782. The number of nitrogens with one attached hydrogen (secondary N) is 1. The van der Waals surface area contributed by atoms with E-state index in [0.717, 1.165) is 19.3 Å². The first kappa shape index (κ1) is 16.4. The molecule has 2 N–H and O–H groups in total. The van der Waals surface area contributed by atoms with Crippen molar-refractivity contribution < 1.29 is 14.6 Å². The second-order valence-corrected chi connectivity index (χ2v) is 6.33. The predicted octanol–water partition coefficient (Wildman–Crippen LogP) is 4.18. The summed E-state index contributed by atoms with van der Waals surface area (Å²) in [7, 11) is 0. The summed E-state index contributed by atoms with van der Waals surface area (Å²) < 4.78 is 5.75. The van der Waals surface area contributed by atoms with Gasteiger partial charge in [0, 0.05) is 24.6 Å². The minimum absolute atomic E-state index is 0.00353. The van der Waals surface area contributed by atoms with E-state index >= 15 is 0 Å². The van der Waals surface area contributed by atoms with Gasteiger partial charge in [-0.1, -0.05) is 30.3 Å². The first-order valence-electron chi connectivity index (χ1n) is 8.47. The zero-order chi connectivity index (χ0) is 16.9. The summed E-state index contributed by atoms with van der Waals surface area (Å²) in [4.78, 5) is 12.0. The Morgan fingerprint density at radius 2 is 2.00 bits per heavy atom. The Morgan fingerprint density at radius 3 is 2.79 bits per heavy atom. The van der Waals surface area contributed by atoms with Gasteiger partial charge in [0.2, 0.25) is 0 Å². The number of hydrogen-bond donors (Lipinski definition) is 2. The molecule has 0 fully saturated rings. The van der Waals surface area contributed by atoms with Crippen LogP contribution in [0.1, 0.15) is 42.1 Å². The minimum atomic E-state index is -0.0249. The van der Waals surface area contributed by atoms with Crippen molar-refractivity contribution in [1.82, 2.24) is 0 Å². The number of hydrogen-bond acceptors (Lipinski definition) is 4. The van der Waals surface area contributed by atoms with Crippen molar-refractivity contribution in [1.29, 1.82) is 0 Å². The third-order valence-corrected chi connectivity index (χ3v) is 4.23. The molecule has 1 heterocycles. The van der Waals surface area contributed by atoms with Crippen LogP contribution in [0.2, 0.25) is 0 Å². The molecule has 2 aromatic rings. The van der Waals surface area contributed by atoms with Crippen LogP contribution in [0.15, 0.2) is 42.5 Å². The summed E-state index contributed by atoms with van der Waals surface area (Å²) in [5, 5.41) is 13.3. The lowest BCUT2D eigenvalue weighted by Crippen LogP contribution is -2.26. The van der Waals surface area contributed by atoms with E-state index in [0.29, 0.717) is 30.0 Å². The molecule has 3 rings (SSSR count). The average molecular weight is 325 g/mol. The normalized spacial score (nSPS) is 16.4. The Morgan fingerprint density at radius 1 is 1.21 bits per heavy atom. The van der Waals surface area contributed by atoms with Crippen LogP contribution in [0.4, 0.5) is 5.69 Å². The van der Waals surface area contributed by atoms with Gasteiger partial charge in [-0.05, 0) is 31.7 Å². The number of Topliss-reactive ketones (excluding diaryl/α,β-unsaturated/α-hetero) is 1. The molecule has 24 heavy (non-hydrogen) atoms. The third kappa shape index (κ3) is 3.88. The molecule has 0 amide bonds. The van der Waals surface area contributed by atoms with Gasteiger partial charge in [-0.3, -0.25) is 4.79 Å². The molecule has 0 aliphatic carbocycles. The number of aryl methyl sites for hydroxylation is 1. The summed E-state index contributed by atoms with van der Waals surface area (Å²) in [5.74, 6) is 0.569. The zero-order valence-corrected chi connectivity index (χ0v) is 13.9. The molecular formula is C20H23NO3. The molecule has 126 valence electrons. The maximum Gasteiger partial charge on any atom is 0.170 e. The minimum Gasteiger partial charge on any atom is -0.507 e. The highest BCUT2D eigenvalue weighted by molar-refractivity contribution is 6.06. The molecule has 0 aromatic heterocycles. The fraction of sp³-hybridized carbons (Fsp3) is 0.350. The highest BCUT2D eigenvalue weighted by atomic mass is 16.5. The molecular weight excluding hydrogens is 302 g/mol. The summed E-state index contributed by atoms with van der Waals surface area (Å²) >= 11 is 0. The van der Waals surface area contributed by atoms with Crippen LogP contribution in [0.5, 0.6) is 11.5 Å². The van der Waals surface area contributed by atoms with Crippen molar-refractivity contribution in [3.63, 3.8) is 0 Å². The van der Waals surface area contributed by atoms with E-state index < -0.39 is 0 Å². The Hall–Kier alpha value is -2.49. The fourth-order valence-electron chi connectivity index (χ4n) is 3.05. The first-order valence-corrected chi connectivity index (χ1v) is 8.47. The topological polar surface area (TPSA) is 58.6 Å². The van der Waals surface area contributed by atoms with Crippen molar-refractivity contribution in [2.24, 2.45) is 0 Å². The third-order valence-electron chi connectivity index (χ3n) is 4.23. The summed E-state index contributed by atoms with van der Waals surface area (Å²) in [6.07, 6.45) is 3.43. The SMILES string of the molecule is CC1CC(=O)c2c(O)cc(OCCCCc3ccccc3)cc2N1. The largest absolute Gasteiger partial charge is 0.507 e. The second-order valence-electron chi connectivity index (χ2n) is 6.33. The van der Waals surface area contributed by atoms with Gasteiger partial charge in [-0.15, -0.1) is 0 Å². The molecule has 4 nitrogen and oxygen atoms in total. The number of benzene rings is 2. The van der Waals surface area contributed by atoms with Gasteiger partial charge in [0.25, 0.3) is 0 Å². The van der Waals surface area contributed by atoms with Crippen LogP contribution in [0.25, 0.3) is 0 Å². The maximum atomic E-state index is 12.0. The second kappa shape index (κ2) is 7.39. The van der Waals surface area contributed by atoms with E-state index in [-0.39, 0.29) is 17.6 Å². The average Bonchev–Trinajstić information content (AvgIpc) is 2.54. The summed E-state index contributed by atoms with van der Waals surface area (Å²) in [6.45, 7) is 2.55. The van der Waals surface area contributed by atoms with Crippen LogP contribution >= 0.6 is 0 Å². The smallest absolute Gasteiger partial charge is 0.170 e. The lowest BCUT2D eigenvalue weighted by atomic mass is 9.96. The highest BCUT2D eigenvalue weighted by Crippen LogP contribution is 2.36. The lowest BCUT2D eigenvalue weighted by molar-refractivity contribution is 0.0972. The number of fused-ring (bicyclic) bond motifs is 1. The number of phenols is 1. The zero-order valence-electron chi connectivity index (χ0n) is 13.9. The van der Waals surface area contributed by atoms with E-state index in [1.54, 1.807) is 6.07 Å². The lowest BCUT2D eigenvalue weighted by Gasteiger charge is -2.24. The van der Waals surface area contributed by atoms with Crippen LogP contribution in [0.3, 0.4) is 0 Å². The Labute approximate surface area is 142 Å². The number of anilines is 1. The Kier molecular flexibility index (Phi) is 5.04. The monoisotopic (exact) mass is 325 g/mol. The molecule has 1 unspecified atom stereocenters. The van der Waals surface area contributed by atoms with Crippen molar-refractivity contribution >= 4 is 11.5 Å². The van der Waals surface area contributed by atoms with Gasteiger partial charge >= 0.3 is 0 Å². The van der Waals surface area contributed by atoms with Gasteiger partial charge in [-0.2, -0.15) is 0 Å². The Balaban J connectivity index is 1.53. The number of phenolic OH excluding ortho intramolecular Hbond substituents is 1. The van der Waals surface area contributed by atoms with Gasteiger partial charge in [-0.25, -0.2) is 0 Å². The van der Waals surface area contributed by atoms with E-state index in [1.807, 2.05) is 13.0 Å². The van der Waals surface area contributed by atoms with Crippen LogP contribution in [-0.2, 0) is 6.42 Å². The number of aromatic hydroxyl groups is 1. The molecule has 0 saturated carbocycles. The molecule has 0 spiro atoms. The van der Waals surface area contributed by atoms with Gasteiger partial charge in [0.1, 0.15) is 11.5 Å². The van der Waals surface area contributed by atoms with Crippen molar-refractivity contribution in [2.45, 2.75) is 38.6 Å². The number of ketones is 1. The Bertz CT molecular complexity index is 712. The number of carbonyl (C=O) groups excluding carboxylic acids is 1. The molecule has 0 bridgehead atoms. The van der Waals surface area contributed by atoms with Crippen LogP contribution in [-0.4, -0.2) is 23.5 Å². The van der Waals surface area contributed by atoms with E-state index in [2.05, 4.69) is 29.6 Å². The van der Waals surface area contributed by atoms with Crippen LogP contribution in [0, 0.1) is 0 Å². The number of carbonyl (C=O) groups is 1. The maximum absolute atomic E-state index is 12.0. The van der Waals surface area contributed by atoms with Crippen molar-refractivity contribution in [3.8, 4) is 11.5 Å². The molecule has 4 heteroatoms. The summed E-state index contributed by atoms with van der Waals surface area (Å²) in [5.41, 5.74) is 2.38. The predicted molar refractivity (Wildman–Crippen MR) is 95.0 cm³/mol. The summed E-state index contributed by atoms with van der Waals surface area (Å²) in [6, 6.07) is 13.8. The highest BCUT2D eigenvalue weighted by Gasteiger charge is 2.25. The molecule has 1 aliphatic heterocycles. The van der Waals surface area contributed by atoms with Gasteiger partial charge in [0.15, 0.2) is 5.78 Å². The van der Waals surface area contributed by atoms with Crippen molar-refractivity contribution in [3.05, 3.63) is 53.6 Å². The van der Waals surface area contributed by atoms with E-state index in [4.69, 9.17) is 4.74 Å². The van der Waals surface area contributed by atoms with E-state index in [1.165, 1.54) is 11.6 Å². The molecule has 1 aliphatic rings. The van der Waals surface area contributed by atoms with Crippen molar-refractivity contribution in [2.75, 3.05) is 11.9 Å². The first-order chi connectivity index (χ1) is 11.6. The molecule has 0 radical (unpaired) electrons. The van der Waals surface area contributed by atoms with E-state index in [9.17, 15) is 9.90 Å². The van der Waals surface area contributed by atoms with Gasteiger partial charge in [0.05, 0.1) is 17.9 Å². The molecule has 0 saturated heterocycles. The number of ether oxygens (including phenoxy) is 1. The molecule has 2 aromatic carbocycles.